The van der Waals surface area contributed by atoms with Gasteiger partial charge in [-0.05, 0) is 50.1 Å². The summed E-state index contributed by atoms with van der Waals surface area (Å²) in [5.41, 5.74) is 3.84. The van der Waals surface area contributed by atoms with Crippen LogP contribution in [0.15, 0.2) is 36.0 Å². The van der Waals surface area contributed by atoms with Crippen molar-refractivity contribution in [2.24, 2.45) is 0 Å². The zero-order valence-electron chi connectivity index (χ0n) is 15.7. The van der Waals surface area contributed by atoms with Crippen molar-refractivity contribution in [2.75, 3.05) is 0 Å². The van der Waals surface area contributed by atoms with Crippen molar-refractivity contribution in [3.8, 4) is 6.07 Å². The van der Waals surface area contributed by atoms with E-state index in [9.17, 15) is 10.1 Å². The first-order valence-electron chi connectivity index (χ1n) is 8.90. The highest BCUT2D eigenvalue weighted by Crippen LogP contribution is 2.18. The summed E-state index contributed by atoms with van der Waals surface area (Å²) in [5, 5.41) is 20.3. The molecule has 0 aromatic carbocycles. The van der Waals surface area contributed by atoms with Crippen molar-refractivity contribution in [1.29, 1.82) is 5.26 Å². The SMILES string of the molecule is CCCn1c(C)cc(/C=C(\C#N)C(=O)NCc2nnc3ccccn23)c1C. The average Bonchev–Trinajstić information content (AvgIpc) is 3.20. The molecule has 0 atom stereocenters. The molecular formula is C20H22N6O. The van der Waals surface area contributed by atoms with Gasteiger partial charge in [0.05, 0.1) is 6.54 Å². The van der Waals surface area contributed by atoms with E-state index in [2.05, 4.69) is 27.0 Å². The Balaban J connectivity index is 1.77. The second kappa shape index (κ2) is 7.87. The lowest BCUT2D eigenvalue weighted by Gasteiger charge is -2.07. The van der Waals surface area contributed by atoms with Gasteiger partial charge in [-0.3, -0.25) is 9.20 Å². The van der Waals surface area contributed by atoms with E-state index >= 15 is 0 Å². The van der Waals surface area contributed by atoms with Gasteiger partial charge < -0.3 is 9.88 Å². The Kier molecular flexibility index (Phi) is 5.36. The summed E-state index contributed by atoms with van der Waals surface area (Å²) in [6.45, 7) is 7.26. The van der Waals surface area contributed by atoms with Crippen LogP contribution >= 0.6 is 0 Å². The maximum absolute atomic E-state index is 12.5. The van der Waals surface area contributed by atoms with Crippen molar-refractivity contribution in [2.45, 2.75) is 40.3 Å². The van der Waals surface area contributed by atoms with Gasteiger partial charge in [-0.15, -0.1) is 10.2 Å². The van der Waals surface area contributed by atoms with Gasteiger partial charge in [0.25, 0.3) is 5.91 Å². The lowest BCUT2D eigenvalue weighted by molar-refractivity contribution is -0.117. The van der Waals surface area contributed by atoms with E-state index in [1.165, 1.54) is 0 Å². The molecule has 0 saturated heterocycles. The van der Waals surface area contributed by atoms with Crippen LogP contribution in [0.2, 0.25) is 0 Å². The zero-order chi connectivity index (χ0) is 19.4. The van der Waals surface area contributed by atoms with Crippen LogP contribution in [0.4, 0.5) is 0 Å². The number of carbonyl (C=O) groups is 1. The summed E-state index contributed by atoms with van der Waals surface area (Å²) in [5.74, 6) is 0.183. The number of nitrogens with zero attached hydrogens (tertiary/aromatic N) is 5. The topological polar surface area (TPSA) is 88.0 Å². The maximum atomic E-state index is 12.5. The normalized spacial score (nSPS) is 11.6. The van der Waals surface area contributed by atoms with Gasteiger partial charge in [0, 0.05) is 24.1 Å². The molecule has 0 aliphatic heterocycles. The smallest absolute Gasteiger partial charge is 0.262 e. The predicted octanol–water partition coefficient (Wildman–Crippen LogP) is 2.78. The number of amides is 1. The zero-order valence-corrected chi connectivity index (χ0v) is 15.7. The number of nitriles is 1. The Bertz CT molecular complexity index is 1050. The molecule has 7 nitrogen and oxygen atoms in total. The highest BCUT2D eigenvalue weighted by atomic mass is 16.1. The monoisotopic (exact) mass is 362 g/mol. The molecule has 0 spiro atoms. The molecule has 138 valence electrons. The summed E-state index contributed by atoms with van der Waals surface area (Å²) in [6.07, 6.45) is 4.50. The third-order valence-corrected chi connectivity index (χ3v) is 4.52. The van der Waals surface area contributed by atoms with Crippen molar-refractivity contribution in [3.05, 3.63) is 58.8 Å². The van der Waals surface area contributed by atoms with Gasteiger partial charge >= 0.3 is 0 Å². The molecule has 0 fully saturated rings. The first kappa shape index (κ1) is 18.4. The minimum atomic E-state index is -0.425. The standard InChI is InChI=1S/C20H22N6O/c1-4-8-25-14(2)10-16(15(25)3)11-17(12-21)20(27)22-13-19-24-23-18-7-5-6-9-26(18)19/h5-7,9-11H,4,8,13H2,1-3H3,(H,22,27)/b17-11+. The van der Waals surface area contributed by atoms with Gasteiger partial charge in [-0.1, -0.05) is 13.0 Å². The quantitative estimate of drug-likeness (QED) is 0.539. The molecule has 0 aliphatic rings. The van der Waals surface area contributed by atoms with Crippen molar-refractivity contribution < 1.29 is 4.79 Å². The number of aromatic nitrogens is 4. The number of aryl methyl sites for hydroxylation is 1. The molecule has 1 amide bonds. The van der Waals surface area contributed by atoms with Crippen molar-refractivity contribution in [1.82, 2.24) is 24.5 Å². The molecule has 27 heavy (non-hydrogen) atoms. The summed E-state index contributed by atoms with van der Waals surface area (Å²) in [7, 11) is 0. The van der Waals surface area contributed by atoms with Crippen molar-refractivity contribution in [3.63, 3.8) is 0 Å². The molecule has 0 radical (unpaired) electrons. The van der Waals surface area contributed by atoms with Crippen molar-refractivity contribution >= 4 is 17.6 Å². The van der Waals surface area contributed by atoms with Crippen LogP contribution in [0.25, 0.3) is 11.7 Å². The fourth-order valence-electron chi connectivity index (χ4n) is 3.11. The van der Waals surface area contributed by atoms with Gasteiger partial charge in [0.2, 0.25) is 0 Å². The van der Waals surface area contributed by atoms with Gasteiger partial charge in [0.1, 0.15) is 11.6 Å². The summed E-state index contributed by atoms with van der Waals surface area (Å²) in [4.78, 5) is 12.5. The maximum Gasteiger partial charge on any atom is 0.262 e. The third-order valence-electron chi connectivity index (χ3n) is 4.52. The molecule has 7 heteroatoms. The number of fused-ring (bicyclic) bond motifs is 1. The molecule has 0 bridgehead atoms. The first-order valence-corrected chi connectivity index (χ1v) is 8.90. The van der Waals surface area contributed by atoms with E-state index < -0.39 is 5.91 Å². The molecule has 3 rings (SSSR count). The Morgan fingerprint density at radius 2 is 2.15 bits per heavy atom. The number of hydrogen-bond donors (Lipinski definition) is 1. The fourth-order valence-corrected chi connectivity index (χ4v) is 3.11. The van der Waals surface area contributed by atoms with E-state index in [0.29, 0.717) is 11.5 Å². The molecule has 0 aliphatic carbocycles. The largest absolute Gasteiger partial charge is 0.349 e. The second-order valence-electron chi connectivity index (χ2n) is 6.38. The van der Waals surface area contributed by atoms with Gasteiger partial charge in [0.15, 0.2) is 11.5 Å². The molecule has 3 aromatic heterocycles. The minimum absolute atomic E-state index is 0.0700. The van der Waals surface area contributed by atoms with Gasteiger partial charge in [-0.2, -0.15) is 5.26 Å². The van der Waals surface area contributed by atoms with E-state index in [-0.39, 0.29) is 12.1 Å². The van der Waals surface area contributed by atoms with Gasteiger partial charge in [-0.25, -0.2) is 0 Å². The van der Waals surface area contributed by atoms with Crippen LogP contribution in [0, 0.1) is 25.2 Å². The Morgan fingerprint density at radius 1 is 1.33 bits per heavy atom. The first-order chi connectivity index (χ1) is 13.0. The Hall–Kier alpha value is -3.40. The Morgan fingerprint density at radius 3 is 2.89 bits per heavy atom. The number of hydrogen-bond acceptors (Lipinski definition) is 4. The van der Waals surface area contributed by atoms with Crippen LogP contribution in [0.3, 0.4) is 0 Å². The van der Waals surface area contributed by atoms with Crippen LogP contribution in [0.1, 0.15) is 36.1 Å². The molecule has 3 aromatic rings. The number of pyridine rings is 1. The minimum Gasteiger partial charge on any atom is -0.349 e. The van der Waals surface area contributed by atoms with Crippen LogP contribution in [-0.4, -0.2) is 25.1 Å². The van der Waals surface area contributed by atoms with E-state index in [1.54, 1.807) is 10.5 Å². The third kappa shape index (κ3) is 3.75. The van der Waals surface area contributed by atoms with Crippen LogP contribution in [0.5, 0.6) is 0 Å². The molecular weight excluding hydrogens is 340 g/mol. The van der Waals surface area contributed by atoms with Crippen LogP contribution in [-0.2, 0) is 17.9 Å². The molecule has 3 heterocycles. The summed E-state index contributed by atoms with van der Waals surface area (Å²) >= 11 is 0. The lowest BCUT2D eigenvalue weighted by atomic mass is 10.1. The highest BCUT2D eigenvalue weighted by Gasteiger charge is 2.14. The number of carbonyl (C=O) groups excluding carboxylic acids is 1. The lowest BCUT2D eigenvalue weighted by Crippen LogP contribution is -2.25. The highest BCUT2D eigenvalue weighted by molar-refractivity contribution is 6.01. The summed E-state index contributed by atoms with van der Waals surface area (Å²) < 4.78 is 4.00. The van der Waals surface area contributed by atoms with E-state index in [0.717, 1.165) is 29.9 Å². The molecule has 1 N–H and O–H groups in total. The number of nitrogens with one attached hydrogen (secondary N) is 1. The Labute approximate surface area is 157 Å². The van der Waals surface area contributed by atoms with E-state index in [1.807, 2.05) is 50.4 Å². The molecule has 0 saturated carbocycles. The fraction of sp³-hybridized carbons (Fsp3) is 0.300. The predicted molar refractivity (Wildman–Crippen MR) is 103 cm³/mol. The second-order valence-corrected chi connectivity index (χ2v) is 6.38. The summed E-state index contributed by atoms with van der Waals surface area (Å²) in [6, 6.07) is 9.58. The number of rotatable bonds is 6. The average molecular weight is 362 g/mol. The van der Waals surface area contributed by atoms with E-state index in [4.69, 9.17) is 0 Å². The molecule has 0 unspecified atom stereocenters. The van der Waals surface area contributed by atoms with Crippen LogP contribution < -0.4 is 5.32 Å².